The average molecular weight is 555 g/mol. The Balaban J connectivity index is 1.24. The minimum Gasteiger partial charge on any atom is -0.446 e. The van der Waals surface area contributed by atoms with E-state index in [1.165, 1.54) is 21.6 Å². The van der Waals surface area contributed by atoms with Crippen LogP contribution in [-0.2, 0) is 22.6 Å². The molecule has 7 rings (SSSR count). The highest BCUT2D eigenvalue weighted by molar-refractivity contribution is 6.11. The van der Waals surface area contributed by atoms with Crippen LogP contribution in [0.4, 0.5) is 10.5 Å². The number of benzene rings is 4. The Morgan fingerprint density at radius 2 is 1.43 bits per heavy atom. The predicted octanol–water partition coefficient (Wildman–Crippen LogP) is 7.89. The lowest BCUT2D eigenvalue weighted by molar-refractivity contribution is -0.125. The predicted molar refractivity (Wildman–Crippen MR) is 165 cm³/mol. The van der Waals surface area contributed by atoms with E-state index >= 15 is 0 Å². The van der Waals surface area contributed by atoms with Crippen molar-refractivity contribution in [3.05, 3.63) is 143 Å². The van der Waals surface area contributed by atoms with Crippen LogP contribution in [-0.4, -0.2) is 23.5 Å². The zero-order valence-electron chi connectivity index (χ0n) is 23.8. The van der Waals surface area contributed by atoms with Gasteiger partial charge in [-0.15, -0.1) is 0 Å². The molecule has 2 fully saturated rings. The molecule has 0 bridgehead atoms. The fourth-order valence-electron chi connectivity index (χ4n) is 6.63. The SMILES string of the molecule is CC1=C(C(=O)N2C(=O)OC[C@@H]2c2ccccc2)[C@@H](C2CC2)c2cc(N(Cc3ccccc3)Cc3ccccc3)ccc21. The van der Waals surface area contributed by atoms with Gasteiger partial charge in [-0.05, 0) is 71.2 Å². The third-order valence-corrected chi connectivity index (χ3v) is 8.89. The number of anilines is 1. The van der Waals surface area contributed by atoms with Gasteiger partial charge in [0.1, 0.15) is 12.6 Å². The molecule has 0 aromatic heterocycles. The maximum Gasteiger partial charge on any atom is 0.417 e. The number of fused-ring (bicyclic) bond motifs is 1. The lowest BCUT2D eigenvalue weighted by Crippen LogP contribution is -2.36. The van der Waals surface area contributed by atoms with Gasteiger partial charge in [0.15, 0.2) is 0 Å². The van der Waals surface area contributed by atoms with Gasteiger partial charge in [0.2, 0.25) is 0 Å². The van der Waals surface area contributed by atoms with E-state index in [1.807, 2.05) is 49.4 Å². The summed E-state index contributed by atoms with van der Waals surface area (Å²) in [5.41, 5.74) is 8.58. The van der Waals surface area contributed by atoms with Crippen LogP contribution >= 0.6 is 0 Å². The molecule has 3 aliphatic rings. The molecule has 1 saturated carbocycles. The van der Waals surface area contributed by atoms with Gasteiger partial charge in [0.05, 0.1) is 0 Å². The van der Waals surface area contributed by atoms with Crippen LogP contribution in [0.1, 0.15) is 59.5 Å². The van der Waals surface area contributed by atoms with Crippen molar-refractivity contribution < 1.29 is 14.3 Å². The van der Waals surface area contributed by atoms with E-state index in [9.17, 15) is 9.59 Å². The van der Waals surface area contributed by atoms with Gasteiger partial charge in [0, 0.05) is 30.3 Å². The molecule has 5 heteroatoms. The van der Waals surface area contributed by atoms with Crippen LogP contribution in [0.5, 0.6) is 0 Å². The van der Waals surface area contributed by atoms with Gasteiger partial charge in [-0.2, -0.15) is 0 Å². The smallest absolute Gasteiger partial charge is 0.417 e. The molecule has 210 valence electrons. The fourth-order valence-corrected chi connectivity index (χ4v) is 6.63. The zero-order valence-corrected chi connectivity index (χ0v) is 23.8. The van der Waals surface area contributed by atoms with E-state index in [4.69, 9.17) is 4.74 Å². The van der Waals surface area contributed by atoms with Gasteiger partial charge >= 0.3 is 6.09 Å². The molecule has 2 amide bonds. The first-order valence-corrected chi connectivity index (χ1v) is 14.8. The van der Waals surface area contributed by atoms with Crippen LogP contribution in [0.25, 0.3) is 5.57 Å². The normalized spacial score (nSPS) is 19.5. The van der Waals surface area contributed by atoms with Crippen molar-refractivity contribution in [2.45, 2.75) is 44.8 Å². The number of imide groups is 1. The Hall–Kier alpha value is -4.64. The third kappa shape index (κ3) is 4.89. The molecular formula is C37H34N2O3. The maximum absolute atomic E-state index is 14.3. The van der Waals surface area contributed by atoms with Crippen molar-refractivity contribution in [2.75, 3.05) is 11.5 Å². The molecule has 0 radical (unpaired) electrons. The Kier molecular flexibility index (Phi) is 6.87. The summed E-state index contributed by atoms with van der Waals surface area (Å²) >= 11 is 0. The molecule has 1 heterocycles. The van der Waals surface area contributed by atoms with Crippen molar-refractivity contribution in [1.29, 1.82) is 0 Å². The van der Waals surface area contributed by atoms with Gasteiger partial charge in [0.25, 0.3) is 5.91 Å². The van der Waals surface area contributed by atoms with Gasteiger partial charge in [-0.3, -0.25) is 4.79 Å². The summed E-state index contributed by atoms with van der Waals surface area (Å²) in [4.78, 5) is 31.1. The number of amides is 2. The maximum atomic E-state index is 14.3. The molecule has 42 heavy (non-hydrogen) atoms. The fraction of sp³-hybridized carbons (Fsp3) is 0.243. The van der Waals surface area contributed by atoms with Crippen LogP contribution in [0.3, 0.4) is 0 Å². The molecule has 2 atom stereocenters. The molecule has 1 aliphatic heterocycles. The number of nitrogens with zero attached hydrogens (tertiary/aromatic N) is 2. The largest absolute Gasteiger partial charge is 0.446 e. The van der Waals surface area contributed by atoms with E-state index in [-0.39, 0.29) is 18.4 Å². The van der Waals surface area contributed by atoms with E-state index in [1.54, 1.807) is 0 Å². The number of hydrogen-bond acceptors (Lipinski definition) is 4. The highest BCUT2D eigenvalue weighted by atomic mass is 16.6. The van der Waals surface area contributed by atoms with Crippen molar-refractivity contribution in [1.82, 2.24) is 4.90 Å². The van der Waals surface area contributed by atoms with Crippen molar-refractivity contribution >= 4 is 23.3 Å². The number of allylic oxidation sites excluding steroid dienone is 1. The van der Waals surface area contributed by atoms with Gasteiger partial charge in [-0.25, -0.2) is 9.69 Å². The lowest BCUT2D eigenvalue weighted by Gasteiger charge is -2.27. The third-order valence-electron chi connectivity index (χ3n) is 8.89. The second-order valence-corrected chi connectivity index (χ2v) is 11.6. The first kappa shape index (κ1) is 26.3. The molecule has 4 aromatic rings. The highest BCUT2D eigenvalue weighted by Gasteiger charge is 2.48. The first-order valence-electron chi connectivity index (χ1n) is 14.8. The Bertz CT molecular complexity index is 1600. The number of ether oxygens (including phenoxy) is 1. The number of rotatable bonds is 8. The first-order chi connectivity index (χ1) is 20.6. The summed E-state index contributed by atoms with van der Waals surface area (Å²) in [6, 6.07) is 37.0. The Morgan fingerprint density at radius 3 is 2.02 bits per heavy atom. The van der Waals surface area contributed by atoms with Crippen LogP contribution in [0.15, 0.2) is 115 Å². The molecule has 0 spiro atoms. The van der Waals surface area contributed by atoms with E-state index in [0.29, 0.717) is 5.92 Å². The quantitative estimate of drug-likeness (QED) is 0.222. The molecule has 1 saturated heterocycles. The minimum atomic E-state index is -0.558. The van der Waals surface area contributed by atoms with Gasteiger partial charge in [-0.1, -0.05) is 97.1 Å². The summed E-state index contributed by atoms with van der Waals surface area (Å²) in [6.45, 7) is 3.77. The second-order valence-electron chi connectivity index (χ2n) is 11.6. The lowest BCUT2D eigenvalue weighted by atomic mass is 9.89. The van der Waals surface area contributed by atoms with Crippen molar-refractivity contribution in [3.63, 3.8) is 0 Å². The van der Waals surface area contributed by atoms with Gasteiger partial charge < -0.3 is 9.64 Å². The van der Waals surface area contributed by atoms with E-state index in [0.717, 1.165) is 53.9 Å². The van der Waals surface area contributed by atoms with E-state index < -0.39 is 12.1 Å². The molecule has 0 unspecified atom stereocenters. The van der Waals surface area contributed by atoms with E-state index in [2.05, 4.69) is 71.6 Å². The number of hydrogen-bond donors (Lipinski definition) is 0. The van der Waals surface area contributed by atoms with Crippen molar-refractivity contribution in [2.24, 2.45) is 5.92 Å². The number of carbonyl (C=O) groups is 2. The Labute approximate surface area is 247 Å². The summed E-state index contributed by atoms with van der Waals surface area (Å²) in [6.07, 6.45) is 1.61. The zero-order chi connectivity index (χ0) is 28.6. The van der Waals surface area contributed by atoms with Crippen LogP contribution in [0, 0.1) is 5.92 Å². The summed E-state index contributed by atoms with van der Waals surface area (Å²) in [5.74, 6) is 0.164. The molecule has 4 aromatic carbocycles. The number of cyclic esters (lactones) is 1. The standard InChI is InChI=1S/C37H34N2O3/c1-25-31-20-19-30(38(22-26-11-5-2-6-12-26)23-27-13-7-3-8-14-27)21-32(31)35(29-17-18-29)34(25)36(40)39-33(24-42-37(39)41)28-15-9-4-10-16-28/h2-16,19-21,29,33,35H,17-18,22-24H2,1H3/t33-,35+/m1/s1. The molecule has 2 aliphatic carbocycles. The van der Waals surface area contributed by atoms with Crippen LogP contribution < -0.4 is 4.90 Å². The summed E-state index contributed by atoms with van der Waals surface area (Å²) < 4.78 is 5.44. The highest BCUT2D eigenvalue weighted by Crippen LogP contribution is 2.55. The summed E-state index contributed by atoms with van der Waals surface area (Å²) in [5, 5.41) is 0. The van der Waals surface area contributed by atoms with Crippen LogP contribution in [0.2, 0.25) is 0 Å². The summed E-state index contributed by atoms with van der Waals surface area (Å²) in [7, 11) is 0. The molecule has 5 nitrogen and oxygen atoms in total. The Morgan fingerprint density at radius 1 is 0.833 bits per heavy atom. The second kappa shape index (κ2) is 11.0. The number of carbonyl (C=O) groups excluding carboxylic acids is 2. The topological polar surface area (TPSA) is 49.9 Å². The average Bonchev–Trinajstić information content (AvgIpc) is 3.73. The molecular weight excluding hydrogens is 520 g/mol. The minimum absolute atomic E-state index is 0.0208. The molecule has 0 N–H and O–H groups in total. The van der Waals surface area contributed by atoms with Crippen molar-refractivity contribution in [3.8, 4) is 0 Å². The monoisotopic (exact) mass is 554 g/mol.